The van der Waals surface area contributed by atoms with E-state index in [1.165, 1.54) is 12.5 Å². The van der Waals surface area contributed by atoms with E-state index in [0.717, 1.165) is 35.0 Å². The first kappa shape index (κ1) is 19.5. The van der Waals surface area contributed by atoms with Gasteiger partial charge in [0.25, 0.3) is 0 Å². The van der Waals surface area contributed by atoms with Gasteiger partial charge in [-0.3, -0.25) is 4.79 Å². The van der Waals surface area contributed by atoms with Crippen molar-refractivity contribution in [3.8, 4) is 11.5 Å². The van der Waals surface area contributed by atoms with Crippen LogP contribution in [0.3, 0.4) is 0 Å². The Hall–Kier alpha value is -0.810. The molecule has 2 atom stereocenters. The number of methoxy groups -OCH3 is 1. The molecule has 2 rings (SSSR count). The second-order valence-corrected chi connectivity index (χ2v) is 8.89. The van der Waals surface area contributed by atoms with Crippen LogP contribution in [0.25, 0.3) is 0 Å². The lowest BCUT2D eigenvalue weighted by Crippen LogP contribution is -2.39. The molecule has 24 heavy (non-hydrogen) atoms. The van der Waals surface area contributed by atoms with Crippen molar-refractivity contribution in [2.24, 2.45) is 11.3 Å². The van der Waals surface area contributed by atoms with Gasteiger partial charge in [-0.05, 0) is 64.2 Å². The van der Waals surface area contributed by atoms with E-state index in [1.807, 2.05) is 6.07 Å². The minimum Gasteiger partial charge on any atom is -0.496 e. The first-order valence-corrected chi connectivity index (χ1v) is 9.74. The predicted molar refractivity (Wildman–Crippen MR) is 104 cm³/mol. The molecule has 1 aliphatic carbocycles. The molecular formula is C19H24Br2O3. The first-order valence-electron chi connectivity index (χ1n) is 8.03. The van der Waals surface area contributed by atoms with Gasteiger partial charge in [-0.25, -0.2) is 0 Å². The molecule has 5 heteroatoms. The number of benzene rings is 1. The fourth-order valence-electron chi connectivity index (χ4n) is 3.37. The molecule has 132 valence electrons. The van der Waals surface area contributed by atoms with Gasteiger partial charge >= 0.3 is 5.97 Å². The van der Waals surface area contributed by atoms with Gasteiger partial charge in [0.15, 0.2) is 0 Å². The van der Waals surface area contributed by atoms with Crippen LogP contribution in [0.1, 0.15) is 39.2 Å². The highest BCUT2D eigenvalue weighted by molar-refractivity contribution is 9.10. The molecule has 0 aromatic heterocycles. The minimum atomic E-state index is -0.326. The lowest BCUT2D eigenvalue weighted by atomic mass is 9.64. The van der Waals surface area contributed by atoms with Crippen LogP contribution >= 0.6 is 31.9 Å². The van der Waals surface area contributed by atoms with Gasteiger partial charge in [-0.15, -0.1) is 0 Å². The van der Waals surface area contributed by atoms with Crippen molar-refractivity contribution in [2.45, 2.75) is 44.9 Å². The average molecular weight is 460 g/mol. The molecule has 1 aromatic rings. The van der Waals surface area contributed by atoms with Crippen LogP contribution in [0, 0.1) is 11.3 Å². The summed E-state index contributed by atoms with van der Waals surface area (Å²) >= 11 is 7.29. The molecule has 3 nitrogen and oxygen atoms in total. The quantitative estimate of drug-likeness (QED) is 0.251. The number of hydrogen-bond donors (Lipinski definition) is 0. The Bertz CT molecular complexity index is 652. The lowest BCUT2D eigenvalue weighted by Gasteiger charge is -2.44. The van der Waals surface area contributed by atoms with Gasteiger partial charge in [0.2, 0.25) is 0 Å². The van der Waals surface area contributed by atoms with Crippen LogP contribution in [0.2, 0.25) is 0 Å². The van der Waals surface area contributed by atoms with Crippen molar-refractivity contribution in [3.63, 3.8) is 0 Å². The number of alkyl halides is 1. The highest BCUT2D eigenvalue weighted by atomic mass is 79.9. The smallest absolute Gasteiger partial charge is 0.308 e. The Labute approximate surface area is 161 Å². The maximum absolute atomic E-state index is 11.5. The molecule has 0 radical (unpaired) electrons. The van der Waals surface area contributed by atoms with E-state index in [9.17, 15) is 4.79 Å². The number of allylic oxidation sites excluding steroid dienone is 1. The van der Waals surface area contributed by atoms with Crippen molar-refractivity contribution in [3.05, 3.63) is 34.3 Å². The number of ether oxygens (including phenoxy) is 2. The minimum absolute atomic E-state index is 0.0726. The highest BCUT2D eigenvalue weighted by Gasteiger charge is 2.41. The predicted octanol–water partition coefficient (Wildman–Crippen LogP) is 5.68. The molecule has 1 saturated carbocycles. The van der Waals surface area contributed by atoms with Gasteiger partial charge in [0.1, 0.15) is 11.5 Å². The number of halogens is 2. The summed E-state index contributed by atoms with van der Waals surface area (Å²) in [5.41, 5.74) is 2.29. The lowest BCUT2D eigenvalue weighted by molar-refractivity contribution is -0.131. The third-order valence-corrected chi connectivity index (χ3v) is 7.19. The topological polar surface area (TPSA) is 35.5 Å². The molecule has 0 amide bonds. The van der Waals surface area contributed by atoms with E-state index in [4.69, 9.17) is 9.47 Å². The normalized spacial score (nSPS) is 23.0. The number of esters is 1. The fourth-order valence-corrected chi connectivity index (χ4v) is 4.41. The molecule has 0 saturated heterocycles. The van der Waals surface area contributed by atoms with Gasteiger partial charge in [-0.1, -0.05) is 41.9 Å². The van der Waals surface area contributed by atoms with Gasteiger partial charge in [0.05, 0.1) is 11.6 Å². The number of rotatable bonds is 4. The molecule has 0 spiro atoms. The third-order valence-electron chi connectivity index (χ3n) is 4.93. The molecule has 1 aliphatic rings. The summed E-state index contributed by atoms with van der Waals surface area (Å²) in [5.74, 6) is 1.29. The summed E-state index contributed by atoms with van der Waals surface area (Å²) in [4.78, 5) is 11.9. The van der Waals surface area contributed by atoms with Gasteiger partial charge in [0, 0.05) is 11.8 Å². The number of carbonyl (C=O) groups excluding carboxylic acids is 1. The van der Waals surface area contributed by atoms with E-state index >= 15 is 0 Å². The Kier molecular flexibility index (Phi) is 6.19. The average Bonchev–Trinajstić information content (AvgIpc) is 2.49. The van der Waals surface area contributed by atoms with Crippen molar-refractivity contribution >= 4 is 37.8 Å². The van der Waals surface area contributed by atoms with Crippen LogP contribution in [0.15, 0.2) is 28.8 Å². The zero-order chi connectivity index (χ0) is 18.1. The standard InChI is InChI=1S/C19H24Br2O3/c1-11-6-7-18(21)19(3,4)14(11)8-13-9-17(23-5)15(20)10-16(13)24-12(2)22/h9-10,14,18H,1,6-8H2,2-5H3/t14-,18?/m1/s1. The zero-order valence-corrected chi connectivity index (χ0v) is 17.8. The molecule has 1 unspecified atom stereocenters. The van der Waals surface area contributed by atoms with E-state index in [1.54, 1.807) is 13.2 Å². The Balaban J connectivity index is 2.42. The third kappa shape index (κ3) is 4.05. The van der Waals surface area contributed by atoms with Crippen molar-refractivity contribution in [1.29, 1.82) is 0 Å². The maximum atomic E-state index is 11.5. The van der Waals surface area contributed by atoms with Crippen molar-refractivity contribution < 1.29 is 14.3 Å². The fraction of sp³-hybridized carbons (Fsp3) is 0.526. The number of hydrogen-bond acceptors (Lipinski definition) is 3. The first-order chi connectivity index (χ1) is 11.2. The second kappa shape index (κ2) is 7.61. The van der Waals surface area contributed by atoms with Crippen molar-refractivity contribution in [2.75, 3.05) is 7.11 Å². The largest absolute Gasteiger partial charge is 0.496 e. The summed E-state index contributed by atoms with van der Waals surface area (Å²) < 4.78 is 11.6. The molecule has 1 fully saturated rings. The second-order valence-electron chi connectivity index (χ2n) is 6.93. The summed E-state index contributed by atoms with van der Waals surface area (Å²) in [7, 11) is 1.63. The summed E-state index contributed by atoms with van der Waals surface area (Å²) in [6.45, 7) is 10.3. The van der Waals surface area contributed by atoms with E-state index in [-0.39, 0.29) is 11.4 Å². The van der Waals surface area contributed by atoms with Crippen LogP contribution < -0.4 is 9.47 Å². The van der Waals surface area contributed by atoms with Gasteiger partial charge < -0.3 is 9.47 Å². The number of carbonyl (C=O) groups is 1. The van der Waals surface area contributed by atoms with E-state index in [2.05, 4.69) is 52.3 Å². The highest BCUT2D eigenvalue weighted by Crippen LogP contribution is 2.49. The monoisotopic (exact) mass is 458 g/mol. The SMILES string of the molecule is C=C1CCC(Br)C(C)(C)[C@@H]1Cc1cc(OC)c(Br)cc1OC(C)=O. The Morgan fingerprint density at radius 1 is 1.38 bits per heavy atom. The molecular weight excluding hydrogens is 436 g/mol. The van der Waals surface area contributed by atoms with E-state index in [0.29, 0.717) is 16.5 Å². The Morgan fingerprint density at radius 3 is 2.62 bits per heavy atom. The zero-order valence-electron chi connectivity index (χ0n) is 14.6. The summed E-state index contributed by atoms with van der Waals surface area (Å²) in [6.07, 6.45) is 2.88. The van der Waals surface area contributed by atoms with Gasteiger partial charge in [-0.2, -0.15) is 0 Å². The molecule has 0 N–H and O–H groups in total. The van der Waals surface area contributed by atoms with Crippen LogP contribution in [-0.4, -0.2) is 17.9 Å². The molecule has 0 aliphatic heterocycles. The van der Waals surface area contributed by atoms with Crippen molar-refractivity contribution in [1.82, 2.24) is 0 Å². The van der Waals surface area contributed by atoms with Crippen LogP contribution in [0.5, 0.6) is 11.5 Å². The van der Waals surface area contributed by atoms with Crippen LogP contribution in [0.4, 0.5) is 0 Å². The molecule has 0 bridgehead atoms. The summed E-state index contributed by atoms with van der Waals surface area (Å²) in [5, 5.41) is 0. The molecule has 0 heterocycles. The van der Waals surface area contributed by atoms with E-state index < -0.39 is 0 Å². The molecule has 1 aromatic carbocycles. The van der Waals surface area contributed by atoms with Crippen LogP contribution in [-0.2, 0) is 11.2 Å². The Morgan fingerprint density at radius 2 is 2.04 bits per heavy atom. The maximum Gasteiger partial charge on any atom is 0.308 e. The summed E-state index contributed by atoms with van der Waals surface area (Å²) in [6, 6.07) is 3.75.